The molecule has 0 aliphatic rings. The molecule has 0 aliphatic carbocycles. The lowest BCUT2D eigenvalue weighted by molar-refractivity contribution is -0.380. The second-order valence-electron chi connectivity index (χ2n) is 2.68. The number of thiophene rings is 1. The highest BCUT2D eigenvalue weighted by Crippen LogP contribution is 2.34. The van der Waals surface area contributed by atoms with Crippen molar-refractivity contribution >= 4 is 22.3 Å². The Bertz CT molecular complexity index is 401. The molecule has 0 bridgehead atoms. The molecule has 0 saturated heterocycles. The molecule has 0 aromatic carbocycles. The van der Waals surface area contributed by atoms with Gasteiger partial charge in [0.15, 0.2) is 10.6 Å². The minimum atomic E-state index is -1.24. The van der Waals surface area contributed by atoms with Crippen LogP contribution in [0.25, 0.3) is 0 Å². The molecule has 7 nitrogen and oxygen atoms in total. The van der Waals surface area contributed by atoms with E-state index in [1.54, 1.807) is 0 Å². The fourth-order valence-corrected chi connectivity index (χ4v) is 1.70. The first-order chi connectivity index (χ1) is 7.56. The van der Waals surface area contributed by atoms with E-state index in [0.29, 0.717) is 11.3 Å². The number of methoxy groups -OCH3 is 1. The second-order valence-corrected chi connectivity index (χ2v) is 3.71. The van der Waals surface area contributed by atoms with Crippen LogP contribution in [0.4, 0.5) is 5.00 Å². The quantitative estimate of drug-likeness (QED) is 0.463. The zero-order valence-corrected chi connectivity index (χ0v) is 9.15. The van der Waals surface area contributed by atoms with Crippen molar-refractivity contribution < 1.29 is 24.3 Å². The molecule has 1 heterocycles. The van der Waals surface area contributed by atoms with Crippen molar-refractivity contribution in [3.8, 4) is 5.75 Å². The maximum absolute atomic E-state index is 10.8. The van der Waals surface area contributed by atoms with E-state index in [4.69, 9.17) is 14.6 Å². The van der Waals surface area contributed by atoms with Crippen LogP contribution in [0, 0.1) is 10.1 Å². The first kappa shape index (κ1) is 12.4. The van der Waals surface area contributed by atoms with Gasteiger partial charge in [0.05, 0.1) is 17.6 Å². The molecular weight excluding hydrogens is 238 g/mol. The highest BCUT2D eigenvalue weighted by Gasteiger charge is 2.22. The normalized spacial score (nSPS) is 10.1. The Kier molecular flexibility index (Phi) is 4.20. The summed E-state index contributed by atoms with van der Waals surface area (Å²) in [6.45, 7) is 0.424. The average Bonchev–Trinajstić information content (AvgIpc) is 2.62. The second kappa shape index (κ2) is 5.42. The van der Waals surface area contributed by atoms with Gasteiger partial charge in [-0.15, -0.1) is 0 Å². The molecule has 0 radical (unpaired) electrons. The molecule has 88 valence electrons. The van der Waals surface area contributed by atoms with Gasteiger partial charge < -0.3 is 14.6 Å². The molecule has 8 heteroatoms. The summed E-state index contributed by atoms with van der Waals surface area (Å²) in [6, 6.07) is 1.10. The molecule has 1 rings (SSSR count). The standard InChI is InChI=1S/C8H9NO6S/c1-14-2-3-15-5-4-6(9(12)13)16-7(5)8(10)11/h4H,2-3H2,1H3,(H,10,11). The number of carbonyl (C=O) groups is 1. The van der Waals surface area contributed by atoms with Crippen LogP contribution in [0.3, 0.4) is 0 Å². The van der Waals surface area contributed by atoms with Crippen molar-refractivity contribution in [1.82, 2.24) is 0 Å². The van der Waals surface area contributed by atoms with Crippen LogP contribution in [0.1, 0.15) is 9.67 Å². The van der Waals surface area contributed by atoms with Crippen molar-refractivity contribution in [2.24, 2.45) is 0 Å². The average molecular weight is 247 g/mol. The molecule has 1 N–H and O–H groups in total. The fourth-order valence-electron chi connectivity index (χ4n) is 0.943. The first-order valence-corrected chi connectivity index (χ1v) is 5.01. The summed E-state index contributed by atoms with van der Waals surface area (Å²) in [5, 5.41) is 19.0. The third kappa shape index (κ3) is 2.91. The number of ether oxygens (including phenoxy) is 2. The molecule has 1 aromatic rings. The third-order valence-corrected chi connectivity index (χ3v) is 2.66. The zero-order chi connectivity index (χ0) is 12.1. The Morgan fingerprint density at radius 3 is 2.81 bits per heavy atom. The molecule has 0 atom stereocenters. The van der Waals surface area contributed by atoms with Crippen molar-refractivity contribution in [2.45, 2.75) is 0 Å². The highest BCUT2D eigenvalue weighted by atomic mass is 32.1. The van der Waals surface area contributed by atoms with Crippen LogP contribution in [0.2, 0.25) is 0 Å². The number of nitrogens with zero attached hydrogens (tertiary/aromatic N) is 1. The van der Waals surface area contributed by atoms with Gasteiger partial charge in [-0.2, -0.15) is 0 Å². The lowest BCUT2D eigenvalue weighted by Gasteiger charge is -2.02. The Hall–Kier alpha value is -1.67. The van der Waals surface area contributed by atoms with Crippen molar-refractivity contribution in [3.63, 3.8) is 0 Å². The predicted molar refractivity (Wildman–Crippen MR) is 55.3 cm³/mol. The van der Waals surface area contributed by atoms with E-state index in [1.807, 2.05) is 0 Å². The molecule has 0 unspecified atom stereocenters. The summed E-state index contributed by atoms with van der Waals surface area (Å²) in [6.07, 6.45) is 0. The molecule has 1 aromatic heterocycles. The summed E-state index contributed by atoms with van der Waals surface area (Å²) in [7, 11) is 1.47. The Balaban J connectivity index is 2.87. The minimum absolute atomic E-state index is 0.00116. The van der Waals surface area contributed by atoms with Crippen LogP contribution in [0.5, 0.6) is 5.75 Å². The molecule has 0 saturated carbocycles. The number of rotatable bonds is 6. The Morgan fingerprint density at radius 1 is 1.62 bits per heavy atom. The highest BCUT2D eigenvalue weighted by molar-refractivity contribution is 7.17. The number of carboxylic acids is 1. The molecular formula is C8H9NO6S. The van der Waals surface area contributed by atoms with Gasteiger partial charge in [0.25, 0.3) is 0 Å². The minimum Gasteiger partial charge on any atom is -0.489 e. The van der Waals surface area contributed by atoms with Gasteiger partial charge >= 0.3 is 11.0 Å². The summed E-state index contributed by atoms with van der Waals surface area (Å²) in [5.74, 6) is -1.24. The summed E-state index contributed by atoms with van der Waals surface area (Å²) in [4.78, 5) is 20.4. The van der Waals surface area contributed by atoms with E-state index in [0.717, 1.165) is 6.07 Å². The fraction of sp³-hybridized carbons (Fsp3) is 0.375. The largest absolute Gasteiger partial charge is 0.489 e. The van der Waals surface area contributed by atoms with Crippen LogP contribution in [0.15, 0.2) is 6.07 Å². The van der Waals surface area contributed by atoms with E-state index in [2.05, 4.69) is 0 Å². The summed E-state index contributed by atoms with van der Waals surface area (Å²) in [5.41, 5.74) is 0. The van der Waals surface area contributed by atoms with E-state index >= 15 is 0 Å². The van der Waals surface area contributed by atoms with E-state index in [1.165, 1.54) is 7.11 Å². The number of nitro groups is 1. The molecule has 16 heavy (non-hydrogen) atoms. The van der Waals surface area contributed by atoms with Gasteiger partial charge in [0.1, 0.15) is 6.61 Å². The summed E-state index contributed by atoms with van der Waals surface area (Å²) < 4.78 is 9.79. The Labute approximate surface area is 94.4 Å². The van der Waals surface area contributed by atoms with Gasteiger partial charge in [-0.1, -0.05) is 11.3 Å². The molecule has 0 aliphatic heterocycles. The van der Waals surface area contributed by atoms with E-state index < -0.39 is 10.9 Å². The number of hydrogen-bond acceptors (Lipinski definition) is 6. The van der Waals surface area contributed by atoms with Crippen LogP contribution < -0.4 is 4.74 Å². The van der Waals surface area contributed by atoms with Crippen molar-refractivity contribution in [2.75, 3.05) is 20.3 Å². The van der Waals surface area contributed by atoms with Gasteiger partial charge in [-0.05, 0) is 0 Å². The predicted octanol–water partition coefficient (Wildman–Crippen LogP) is 1.38. The molecule has 0 amide bonds. The lowest BCUT2D eigenvalue weighted by atomic mass is 10.4. The third-order valence-electron chi connectivity index (χ3n) is 1.60. The molecule has 0 spiro atoms. The Morgan fingerprint density at radius 2 is 2.31 bits per heavy atom. The van der Waals surface area contributed by atoms with Gasteiger partial charge in [-0.3, -0.25) is 10.1 Å². The van der Waals surface area contributed by atoms with Crippen LogP contribution in [-0.4, -0.2) is 36.3 Å². The lowest BCUT2D eigenvalue weighted by Crippen LogP contribution is -2.06. The maximum atomic E-state index is 10.8. The zero-order valence-electron chi connectivity index (χ0n) is 8.34. The van der Waals surface area contributed by atoms with Gasteiger partial charge in [0.2, 0.25) is 0 Å². The van der Waals surface area contributed by atoms with E-state index in [9.17, 15) is 14.9 Å². The first-order valence-electron chi connectivity index (χ1n) is 4.19. The summed E-state index contributed by atoms with van der Waals surface area (Å²) >= 11 is 0.569. The van der Waals surface area contributed by atoms with Gasteiger partial charge in [-0.25, -0.2) is 4.79 Å². The van der Waals surface area contributed by atoms with E-state index in [-0.39, 0.29) is 28.8 Å². The van der Waals surface area contributed by atoms with Crippen LogP contribution in [-0.2, 0) is 4.74 Å². The number of aromatic carboxylic acids is 1. The topological polar surface area (TPSA) is 98.9 Å². The number of carboxylic acid groups (broad SMARTS) is 1. The van der Waals surface area contributed by atoms with Crippen molar-refractivity contribution in [3.05, 3.63) is 21.1 Å². The van der Waals surface area contributed by atoms with Crippen LogP contribution >= 0.6 is 11.3 Å². The van der Waals surface area contributed by atoms with Gasteiger partial charge in [0, 0.05) is 7.11 Å². The maximum Gasteiger partial charge on any atom is 0.349 e. The smallest absolute Gasteiger partial charge is 0.349 e. The SMILES string of the molecule is COCCOc1cc([N+](=O)[O-])sc1C(=O)O. The molecule has 0 fully saturated rings. The number of hydrogen-bond donors (Lipinski definition) is 1. The van der Waals surface area contributed by atoms with Crippen molar-refractivity contribution in [1.29, 1.82) is 0 Å². The monoisotopic (exact) mass is 247 g/mol.